The van der Waals surface area contributed by atoms with Gasteiger partial charge in [0.1, 0.15) is 5.70 Å². The number of piperidine rings is 1. The lowest BCUT2D eigenvalue weighted by Gasteiger charge is -2.29. The molecule has 2 aromatic rings. The molecule has 2 amide bonds. The Kier molecular flexibility index (Phi) is 4.88. The second-order valence-electron chi connectivity index (χ2n) is 8.49. The lowest BCUT2D eigenvalue weighted by atomic mass is 9.87. The molecule has 0 saturated carbocycles. The van der Waals surface area contributed by atoms with Gasteiger partial charge in [0.05, 0.1) is 11.3 Å². The van der Waals surface area contributed by atoms with Crippen molar-refractivity contribution in [1.29, 1.82) is 0 Å². The number of hydrogen-bond donors (Lipinski definition) is 0. The maximum atomic E-state index is 13.4. The van der Waals surface area contributed by atoms with Gasteiger partial charge in [-0.2, -0.15) is 0 Å². The normalized spacial score (nSPS) is 18.4. The van der Waals surface area contributed by atoms with Gasteiger partial charge in [-0.15, -0.1) is 11.3 Å². The number of imide groups is 1. The molecule has 4 rings (SSSR count). The van der Waals surface area contributed by atoms with Crippen LogP contribution >= 0.6 is 11.3 Å². The fourth-order valence-corrected chi connectivity index (χ4v) is 4.68. The Morgan fingerprint density at radius 2 is 1.57 bits per heavy atom. The van der Waals surface area contributed by atoms with Crippen molar-refractivity contribution in [1.82, 2.24) is 4.90 Å². The summed E-state index contributed by atoms with van der Waals surface area (Å²) in [7, 11) is 0. The standard InChI is InChI=1S/C23H26N2O2S/c1-23(2,3)16-9-11-17(12-10-16)25-21(26)19(18-8-7-15-28-18)20(22(25)27)24-13-5-4-6-14-24/h7-12,15H,4-6,13-14H2,1-3H3. The van der Waals surface area contributed by atoms with Crippen molar-refractivity contribution in [3.63, 3.8) is 0 Å². The Morgan fingerprint density at radius 3 is 2.14 bits per heavy atom. The second kappa shape index (κ2) is 7.21. The summed E-state index contributed by atoms with van der Waals surface area (Å²) in [6.45, 7) is 8.12. The first kappa shape index (κ1) is 18.9. The predicted molar refractivity (Wildman–Crippen MR) is 114 cm³/mol. The van der Waals surface area contributed by atoms with Crippen LogP contribution in [0.2, 0.25) is 0 Å². The summed E-state index contributed by atoms with van der Waals surface area (Å²) in [6.07, 6.45) is 3.30. The number of amides is 2. The van der Waals surface area contributed by atoms with Crippen molar-refractivity contribution >= 4 is 34.4 Å². The molecule has 0 bridgehead atoms. The minimum atomic E-state index is -0.212. The first-order valence-electron chi connectivity index (χ1n) is 9.90. The molecule has 0 spiro atoms. The number of carbonyl (C=O) groups is 2. The van der Waals surface area contributed by atoms with Crippen LogP contribution in [0.3, 0.4) is 0 Å². The van der Waals surface area contributed by atoms with E-state index in [1.165, 1.54) is 28.2 Å². The van der Waals surface area contributed by atoms with E-state index in [2.05, 4.69) is 25.7 Å². The highest BCUT2D eigenvalue weighted by Gasteiger charge is 2.43. The lowest BCUT2D eigenvalue weighted by Crippen LogP contribution is -2.37. The molecular formula is C23H26N2O2S. The third kappa shape index (κ3) is 3.28. The summed E-state index contributed by atoms with van der Waals surface area (Å²) in [4.78, 5) is 31.1. The number of benzene rings is 1. The van der Waals surface area contributed by atoms with Crippen molar-refractivity contribution in [2.45, 2.75) is 45.4 Å². The van der Waals surface area contributed by atoms with Gasteiger partial charge in [-0.25, -0.2) is 4.90 Å². The van der Waals surface area contributed by atoms with Gasteiger partial charge in [-0.1, -0.05) is 39.0 Å². The Labute approximate surface area is 170 Å². The first-order valence-corrected chi connectivity index (χ1v) is 10.8. The molecular weight excluding hydrogens is 368 g/mol. The van der Waals surface area contributed by atoms with E-state index >= 15 is 0 Å². The van der Waals surface area contributed by atoms with E-state index in [1.807, 2.05) is 41.8 Å². The molecule has 0 aliphatic carbocycles. The molecule has 1 aromatic heterocycles. The van der Waals surface area contributed by atoms with E-state index in [0.29, 0.717) is 17.0 Å². The molecule has 0 unspecified atom stereocenters. The van der Waals surface area contributed by atoms with Crippen LogP contribution in [-0.4, -0.2) is 29.8 Å². The highest BCUT2D eigenvalue weighted by atomic mass is 32.1. The molecule has 28 heavy (non-hydrogen) atoms. The van der Waals surface area contributed by atoms with Gasteiger partial charge in [-0.3, -0.25) is 9.59 Å². The van der Waals surface area contributed by atoms with Crippen LogP contribution in [0.4, 0.5) is 5.69 Å². The van der Waals surface area contributed by atoms with Gasteiger partial charge in [0.15, 0.2) is 0 Å². The summed E-state index contributed by atoms with van der Waals surface area (Å²) in [5.74, 6) is -0.407. The van der Waals surface area contributed by atoms with Crippen LogP contribution in [0.5, 0.6) is 0 Å². The number of carbonyl (C=O) groups excluding carboxylic acids is 2. The predicted octanol–water partition coefficient (Wildman–Crippen LogP) is 4.82. The Bertz CT molecular complexity index is 915. The second-order valence-corrected chi connectivity index (χ2v) is 9.44. The monoisotopic (exact) mass is 394 g/mol. The number of nitrogens with zero attached hydrogens (tertiary/aromatic N) is 2. The molecule has 1 saturated heterocycles. The molecule has 2 aliphatic heterocycles. The van der Waals surface area contributed by atoms with Crippen LogP contribution in [-0.2, 0) is 15.0 Å². The number of anilines is 1. The SMILES string of the molecule is CC(C)(C)c1ccc(N2C(=O)C(c3cccs3)=C(N3CCCCC3)C2=O)cc1. The molecule has 146 valence electrons. The van der Waals surface area contributed by atoms with Crippen LogP contribution < -0.4 is 4.90 Å². The van der Waals surface area contributed by atoms with Crippen molar-refractivity contribution in [3.05, 3.63) is 57.9 Å². The van der Waals surface area contributed by atoms with Crippen molar-refractivity contribution in [2.75, 3.05) is 18.0 Å². The van der Waals surface area contributed by atoms with E-state index in [1.54, 1.807) is 0 Å². The molecule has 2 aliphatic rings. The quantitative estimate of drug-likeness (QED) is 0.701. The van der Waals surface area contributed by atoms with E-state index in [-0.39, 0.29) is 17.2 Å². The molecule has 5 heteroatoms. The van der Waals surface area contributed by atoms with Gasteiger partial charge in [0.2, 0.25) is 0 Å². The fourth-order valence-electron chi connectivity index (χ4n) is 3.92. The number of hydrogen-bond acceptors (Lipinski definition) is 4. The zero-order valence-corrected chi connectivity index (χ0v) is 17.5. The van der Waals surface area contributed by atoms with Gasteiger partial charge in [0.25, 0.3) is 11.8 Å². The van der Waals surface area contributed by atoms with Crippen molar-refractivity contribution < 1.29 is 9.59 Å². The third-order valence-corrected chi connectivity index (χ3v) is 6.38. The fraction of sp³-hybridized carbons (Fsp3) is 0.391. The maximum Gasteiger partial charge on any atom is 0.282 e. The summed E-state index contributed by atoms with van der Waals surface area (Å²) in [5, 5.41) is 1.95. The minimum absolute atomic E-state index is 0.0247. The number of rotatable bonds is 3. The summed E-state index contributed by atoms with van der Waals surface area (Å²) >= 11 is 1.51. The number of likely N-dealkylation sites (tertiary alicyclic amines) is 1. The molecule has 1 fully saturated rings. The molecule has 3 heterocycles. The summed E-state index contributed by atoms with van der Waals surface area (Å²) in [6, 6.07) is 11.7. The van der Waals surface area contributed by atoms with Gasteiger partial charge in [-0.05, 0) is 53.8 Å². The minimum Gasteiger partial charge on any atom is -0.366 e. The number of thiophene rings is 1. The van der Waals surface area contributed by atoms with Crippen LogP contribution in [0.1, 0.15) is 50.5 Å². The Hall–Kier alpha value is -2.40. The zero-order valence-electron chi connectivity index (χ0n) is 16.7. The molecule has 0 atom stereocenters. The molecule has 4 nitrogen and oxygen atoms in total. The Morgan fingerprint density at radius 1 is 0.893 bits per heavy atom. The summed E-state index contributed by atoms with van der Waals surface area (Å²) in [5.41, 5.74) is 2.98. The Balaban J connectivity index is 1.74. The lowest BCUT2D eigenvalue weighted by molar-refractivity contribution is -0.120. The summed E-state index contributed by atoms with van der Waals surface area (Å²) < 4.78 is 0. The largest absolute Gasteiger partial charge is 0.366 e. The van der Waals surface area contributed by atoms with Crippen molar-refractivity contribution in [2.24, 2.45) is 0 Å². The zero-order chi connectivity index (χ0) is 19.9. The average Bonchev–Trinajstić information content (AvgIpc) is 3.28. The van der Waals surface area contributed by atoms with Crippen LogP contribution in [0.25, 0.3) is 5.57 Å². The van der Waals surface area contributed by atoms with Gasteiger partial charge >= 0.3 is 0 Å². The molecule has 1 aromatic carbocycles. The van der Waals surface area contributed by atoms with E-state index < -0.39 is 0 Å². The van der Waals surface area contributed by atoms with E-state index in [0.717, 1.165) is 30.8 Å². The van der Waals surface area contributed by atoms with E-state index in [9.17, 15) is 9.59 Å². The highest BCUT2D eigenvalue weighted by Crippen LogP contribution is 2.37. The maximum absolute atomic E-state index is 13.4. The third-order valence-electron chi connectivity index (χ3n) is 5.49. The topological polar surface area (TPSA) is 40.6 Å². The van der Waals surface area contributed by atoms with Crippen LogP contribution in [0.15, 0.2) is 47.5 Å². The van der Waals surface area contributed by atoms with E-state index in [4.69, 9.17) is 0 Å². The average molecular weight is 395 g/mol. The van der Waals surface area contributed by atoms with Crippen LogP contribution in [0, 0.1) is 0 Å². The van der Waals surface area contributed by atoms with Crippen molar-refractivity contribution in [3.8, 4) is 0 Å². The first-order chi connectivity index (χ1) is 13.4. The highest BCUT2D eigenvalue weighted by molar-refractivity contribution is 7.11. The molecule has 0 N–H and O–H groups in total. The van der Waals surface area contributed by atoms with Gasteiger partial charge < -0.3 is 4.90 Å². The van der Waals surface area contributed by atoms with Gasteiger partial charge in [0, 0.05) is 18.0 Å². The smallest absolute Gasteiger partial charge is 0.282 e. The molecule has 0 radical (unpaired) electrons.